The number of cyclic esters (lactones) is 2. The summed E-state index contributed by atoms with van der Waals surface area (Å²) in [5.74, 6) is -3.25. The number of fused-ring (bicyclic) bond motifs is 3. The molecule has 1 fully saturated rings. The van der Waals surface area contributed by atoms with Crippen LogP contribution in [0.5, 0.6) is 0 Å². The van der Waals surface area contributed by atoms with Gasteiger partial charge in [0.25, 0.3) is 5.79 Å². The fourth-order valence-corrected chi connectivity index (χ4v) is 6.08. The first-order chi connectivity index (χ1) is 21.7. The molecule has 1 aliphatic rings. The summed E-state index contributed by atoms with van der Waals surface area (Å²) in [6.07, 6.45) is -0.365. The Labute approximate surface area is 260 Å². The molecule has 222 valence electrons. The monoisotopic (exact) mass is 594 g/mol. The number of carbonyl (C=O) groups is 3. The quantitative estimate of drug-likeness (QED) is 0.105. The summed E-state index contributed by atoms with van der Waals surface area (Å²) in [4.78, 5) is 40.2. The first-order valence-corrected chi connectivity index (χ1v) is 14.9. The van der Waals surface area contributed by atoms with Crippen molar-refractivity contribution in [2.75, 3.05) is 0 Å². The Morgan fingerprint density at radius 1 is 0.622 bits per heavy atom. The van der Waals surface area contributed by atoms with Gasteiger partial charge in [0.1, 0.15) is 11.2 Å². The molecule has 7 rings (SSSR count). The highest BCUT2D eigenvalue weighted by Crippen LogP contribution is 2.40. The number of para-hydroxylation sites is 2. The van der Waals surface area contributed by atoms with Crippen molar-refractivity contribution in [1.29, 1.82) is 0 Å². The van der Waals surface area contributed by atoms with Crippen molar-refractivity contribution in [2.45, 2.75) is 32.5 Å². The summed E-state index contributed by atoms with van der Waals surface area (Å²) in [5, 5.41) is 2.17. The molecule has 0 N–H and O–H groups in total. The van der Waals surface area contributed by atoms with Crippen LogP contribution in [0.15, 0.2) is 126 Å². The number of ketones is 1. The van der Waals surface area contributed by atoms with E-state index in [-0.39, 0.29) is 18.6 Å². The van der Waals surface area contributed by atoms with Crippen molar-refractivity contribution in [1.82, 2.24) is 0 Å². The van der Waals surface area contributed by atoms with Crippen molar-refractivity contribution in [2.24, 2.45) is 5.41 Å². The second-order valence-electron chi connectivity index (χ2n) is 12.0. The minimum absolute atomic E-state index is 0.000487. The molecule has 0 spiro atoms. The van der Waals surface area contributed by atoms with Gasteiger partial charge in [-0.3, -0.25) is 14.4 Å². The van der Waals surface area contributed by atoms with E-state index >= 15 is 0 Å². The third-order valence-electron chi connectivity index (χ3n) is 8.41. The highest BCUT2D eigenvalue weighted by atomic mass is 16.7. The molecular weight excluding hydrogens is 564 g/mol. The van der Waals surface area contributed by atoms with Crippen LogP contribution in [0.2, 0.25) is 0 Å². The van der Waals surface area contributed by atoms with Gasteiger partial charge >= 0.3 is 11.9 Å². The molecule has 0 atom stereocenters. The fourth-order valence-electron chi connectivity index (χ4n) is 6.08. The molecule has 1 saturated heterocycles. The van der Waals surface area contributed by atoms with Gasteiger partial charge in [0, 0.05) is 42.2 Å². The summed E-state index contributed by atoms with van der Waals surface area (Å²) in [6, 6.07) is 38.7. The molecule has 6 heteroatoms. The molecule has 0 aliphatic carbocycles. The summed E-state index contributed by atoms with van der Waals surface area (Å²) in [5.41, 5.74) is 5.03. The predicted octanol–water partition coefficient (Wildman–Crippen LogP) is 8.56. The molecule has 0 unspecified atom stereocenters. The topological polar surface area (TPSA) is 82.8 Å². The maximum atomic E-state index is 13.6. The second kappa shape index (κ2) is 10.9. The van der Waals surface area contributed by atoms with E-state index < -0.39 is 23.1 Å². The summed E-state index contributed by atoms with van der Waals surface area (Å²) < 4.78 is 17.2. The lowest BCUT2D eigenvalue weighted by molar-refractivity contribution is -0.250. The van der Waals surface area contributed by atoms with Crippen LogP contribution in [0.3, 0.4) is 0 Å². The van der Waals surface area contributed by atoms with Crippen molar-refractivity contribution in [3.8, 4) is 22.3 Å². The number of esters is 2. The van der Waals surface area contributed by atoms with Gasteiger partial charge in [0.05, 0.1) is 0 Å². The van der Waals surface area contributed by atoms with Crippen LogP contribution in [0, 0.1) is 5.41 Å². The number of hydrogen-bond acceptors (Lipinski definition) is 6. The van der Waals surface area contributed by atoms with Crippen LogP contribution >= 0.6 is 0 Å². The van der Waals surface area contributed by atoms with Crippen LogP contribution in [0.4, 0.5) is 0 Å². The highest BCUT2D eigenvalue weighted by molar-refractivity contribution is 6.10. The number of furan rings is 1. The molecule has 0 amide bonds. The largest absolute Gasteiger partial charge is 0.455 e. The van der Waals surface area contributed by atoms with Gasteiger partial charge in [0.2, 0.25) is 0 Å². The van der Waals surface area contributed by atoms with Crippen LogP contribution < -0.4 is 0 Å². The Bertz CT molecular complexity index is 2050. The van der Waals surface area contributed by atoms with Gasteiger partial charge < -0.3 is 13.9 Å². The molecular formula is C39H30O6. The van der Waals surface area contributed by atoms with Crippen molar-refractivity contribution >= 4 is 39.7 Å². The van der Waals surface area contributed by atoms with Gasteiger partial charge in [-0.1, -0.05) is 115 Å². The lowest BCUT2D eigenvalue weighted by Crippen LogP contribution is -2.55. The van der Waals surface area contributed by atoms with E-state index in [9.17, 15) is 14.4 Å². The number of rotatable bonds is 7. The molecule has 0 saturated carbocycles. The Morgan fingerprint density at radius 3 is 1.89 bits per heavy atom. The summed E-state index contributed by atoms with van der Waals surface area (Å²) in [6.45, 7) is 3.00. The summed E-state index contributed by atoms with van der Waals surface area (Å²) in [7, 11) is 0. The molecule has 5 aromatic carbocycles. The van der Waals surface area contributed by atoms with Gasteiger partial charge in [-0.2, -0.15) is 0 Å². The highest BCUT2D eigenvalue weighted by Gasteiger charge is 2.57. The van der Waals surface area contributed by atoms with Crippen molar-refractivity contribution < 1.29 is 28.3 Å². The maximum absolute atomic E-state index is 13.6. The van der Waals surface area contributed by atoms with Crippen LogP contribution in [0.25, 0.3) is 44.2 Å². The fraction of sp³-hybridized carbons (Fsp3) is 0.154. The second-order valence-corrected chi connectivity index (χ2v) is 12.0. The molecule has 0 radical (unpaired) electrons. The van der Waals surface area contributed by atoms with Gasteiger partial charge in [-0.25, -0.2) is 0 Å². The number of hydrogen-bond donors (Lipinski definition) is 0. The van der Waals surface area contributed by atoms with Gasteiger partial charge in [0.15, 0.2) is 11.2 Å². The third-order valence-corrected chi connectivity index (χ3v) is 8.41. The van der Waals surface area contributed by atoms with Gasteiger partial charge in [-0.05, 0) is 34.7 Å². The SMILES string of the molecule is CC1(C)OC(=O)C(CC(=O)c2ccc(-c3ccc(-c4cccc5c4oc4ccccc45)cc3)cc2)(Cc2ccccc2)C(=O)O1. The zero-order valence-corrected chi connectivity index (χ0v) is 24.9. The first-order valence-electron chi connectivity index (χ1n) is 14.9. The Kier molecular flexibility index (Phi) is 6.85. The average molecular weight is 595 g/mol. The Balaban J connectivity index is 1.13. The Morgan fingerprint density at radius 2 is 1.20 bits per heavy atom. The lowest BCUT2D eigenvalue weighted by Gasteiger charge is -2.40. The molecule has 6 nitrogen and oxygen atoms in total. The van der Waals surface area contributed by atoms with Gasteiger partial charge in [-0.15, -0.1) is 0 Å². The molecule has 1 aromatic heterocycles. The smallest absolute Gasteiger partial charge is 0.327 e. The molecule has 6 aromatic rings. The number of carbonyl (C=O) groups excluding carboxylic acids is 3. The van der Waals surface area contributed by atoms with Crippen molar-refractivity contribution in [3.63, 3.8) is 0 Å². The average Bonchev–Trinajstić information content (AvgIpc) is 3.43. The Hall–Kier alpha value is -5.49. The molecule has 45 heavy (non-hydrogen) atoms. The number of Topliss-reactive ketones (excluding diaryl/α,β-unsaturated/α-hetero) is 1. The van der Waals surface area contributed by atoms with E-state index in [4.69, 9.17) is 13.9 Å². The maximum Gasteiger partial charge on any atom is 0.327 e. The first kappa shape index (κ1) is 28.3. The number of ether oxygens (including phenoxy) is 2. The van der Waals surface area contributed by atoms with E-state index in [1.54, 1.807) is 12.1 Å². The van der Waals surface area contributed by atoms with Crippen LogP contribution in [0.1, 0.15) is 36.2 Å². The predicted molar refractivity (Wildman–Crippen MR) is 172 cm³/mol. The van der Waals surface area contributed by atoms with E-state index in [2.05, 4.69) is 30.3 Å². The molecule has 1 aliphatic heterocycles. The zero-order valence-electron chi connectivity index (χ0n) is 24.9. The standard InChI is InChI=1S/C39H30O6/c1-38(2)44-36(41)39(37(42)45-38,23-25-9-4-3-5-10-25)24-33(40)29-21-17-27(18-22-29)26-15-19-28(20-16-26)30-12-8-13-32-31-11-6-7-14-34(31)43-35(30)32/h3-22H,23-24H2,1-2H3. The normalized spacial score (nSPS) is 15.5. The zero-order chi connectivity index (χ0) is 31.2. The minimum atomic E-state index is -1.77. The third kappa shape index (κ3) is 5.18. The summed E-state index contributed by atoms with van der Waals surface area (Å²) >= 11 is 0. The van der Waals surface area contributed by atoms with Crippen LogP contribution in [-0.4, -0.2) is 23.5 Å². The molecule has 2 heterocycles. The van der Waals surface area contributed by atoms with Crippen molar-refractivity contribution in [3.05, 3.63) is 132 Å². The van der Waals surface area contributed by atoms with E-state index in [0.717, 1.165) is 49.8 Å². The van der Waals surface area contributed by atoms with E-state index in [1.807, 2.05) is 78.9 Å². The lowest BCUT2D eigenvalue weighted by atomic mass is 9.75. The number of benzene rings is 5. The van der Waals surface area contributed by atoms with E-state index in [1.165, 1.54) is 13.8 Å². The minimum Gasteiger partial charge on any atom is -0.455 e. The van der Waals surface area contributed by atoms with E-state index in [0.29, 0.717) is 5.56 Å². The molecule has 0 bridgehead atoms. The van der Waals surface area contributed by atoms with Crippen LogP contribution in [-0.2, 0) is 25.5 Å².